The highest BCUT2D eigenvalue weighted by molar-refractivity contribution is 5.85. The summed E-state index contributed by atoms with van der Waals surface area (Å²) in [4.78, 5) is 11.9. The topological polar surface area (TPSA) is 205 Å². The van der Waals surface area contributed by atoms with Gasteiger partial charge in [0.2, 0.25) is 0 Å². The molecular weight excluding hydrogens is 628 g/mol. The van der Waals surface area contributed by atoms with E-state index in [1.54, 1.807) is 6.92 Å². The predicted molar refractivity (Wildman–Crippen MR) is 166 cm³/mol. The number of ether oxygens (including phenoxy) is 5. The molecule has 0 bridgehead atoms. The molecule has 2 saturated heterocycles. The summed E-state index contributed by atoms with van der Waals surface area (Å²) >= 11 is 0. The quantitative estimate of drug-likeness (QED) is 0.149. The number of carbonyl (C=O) groups is 1. The van der Waals surface area contributed by atoms with Crippen LogP contribution in [0.5, 0.6) is 0 Å². The molecule has 13 heteroatoms. The molecule has 13 nitrogen and oxygen atoms in total. The average molecular weight is 683 g/mol. The Morgan fingerprint density at radius 1 is 0.896 bits per heavy atom. The Bertz CT molecular complexity index is 1230. The number of carbonyl (C=O) groups excluding carboxylic acids is 1. The second-order valence-corrected chi connectivity index (χ2v) is 16.4. The molecule has 6 fully saturated rings. The first kappa shape index (κ1) is 35.2. The van der Waals surface area contributed by atoms with Crippen LogP contribution < -0.4 is 0 Å². The van der Waals surface area contributed by atoms with Gasteiger partial charge >= 0.3 is 5.97 Å². The number of aliphatic hydroxyl groups excluding tert-OH is 6. The fourth-order valence-electron chi connectivity index (χ4n) is 11.4. The zero-order valence-corrected chi connectivity index (χ0v) is 28.1. The van der Waals surface area contributed by atoms with Crippen LogP contribution >= 0.6 is 0 Å². The van der Waals surface area contributed by atoms with Gasteiger partial charge in [0.25, 0.3) is 0 Å². The van der Waals surface area contributed by atoms with Crippen molar-refractivity contribution >= 4 is 5.97 Å². The molecule has 0 aromatic carbocycles. The number of rotatable bonds is 6. The van der Waals surface area contributed by atoms with Crippen LogP contribution in [0.25, 0.3) is 0 Å². The molecule has 0 aromatic heterocycles. The molecule has 0 amide bonds. The summed E-state index contributed by atoms with van der Waals surface area (Å²) in [5.74, 6) is 0.0985. The van der Waals surface area contributed by atoms with Crippen LogP contribution in [0.3, 0.4) is 0 Å². The van der Waals surface area contributed by atoms with E-state index in [1.807, 2.05) is 0 Å². The van der Waals surface area contributed by atoms with Crippen LogP contribution in [0.1, 0.15) is 78.6 Å². The van der Waals surface area contributed by atoms with Crippen molar-refractivity contribution in [3.8, 4) is 0 Å². The first-order valence-corrected chi connectivity index (χ1v) is 17.9. The smallest absolute Gasteiger partial charge is 0.331 e. The number of aliphatic hydroxyl groups is 7. The third kappa shape index (κ3) is 5.51. The molecule has 272 valence electrons. The highest BCUT2D eigenvalue weighted by atomic mass is 16.7. The summed E-state index contributed by atoms with van der Waals surface area (Å²) in [6.07, 6.45) is -3.04. The Labute approximate surface area is 281 Å². The Balaban J connectivity index is 0.969. The number of cyclic esters (lactones) is 1. The van der Waals surface area contributed by atoms with Crippen molar-refractivity contribution < 1.29 is 64.2 Å². The lowest BCUT2D eigenvalue weighted by Gasteiger charge is -2.63. The molecule has 3 aliphatic heterocycles. The molecule has 3 heterocycles. The SMILES string of the molecule is CC1OC(OC2CCC3(C)C(CCC4C3CCC3(C)C(C5=CC(=O)OC5)C(O)CC43O)C2)CC(O)C1OC1OC(CO)C(O)C(O)C1O. The van der Waals surface area contributed by atoms with Crippen molar-refractivity contribution in [2.75, 3.05) is 13.2 Å². The van der Waals surface area contributed by atoms with Crippen LogP contribution in [0.2, 0.25) is 0 Å². The average Bonchev–Trinajstić information content (AvgIpc) is 3.54. The minimum absolute atomic E-state index is 0.0130. The molecule has 0 spiro atoms. The van der Waals surface area contributed by atoms with Gasteiger partial charge < -0.3 is 59.4 Å². The standard InChI is InChI=1S/C35H54O13/c1-16-31(48-32-30(42)29(41)28(40)24(14-36)47-32)22(37)12-26(45-16)46-19-6-8-33(2)18(11-19)4-5-21-20(33)7-9-34(3)27(17-10-25(39)44-15-17)23(38)13-35(21,34)43/h10,16,18-24,26-32,36-38,40-43H,4-9,11-15H2,1-3H3. The van der Waals surface area contributed by atoms with Gasteiger partial charge in [-0.15, -0.1) is 0 Å². The Morgan fingerprint density at radius 2 is 1.67 bits per heavy atom. The van der Waals surface area contributed by atoms with E-state index >= 15 is 0 Å². The Morgan fingerprint density at radius 3 is 2.35 bits per heavy atom. The van der Waals surface area contributed by atoms with Crippen molar-refractivity contribution in [1.29, 1.82) is 0 Å². The van der Waals surface area contributed by atoms with Gasteiger partial charge in [-0.2, -0.15) is 0 Å². The molecule has 0 aromatic rings. The van der Waals surface area contributed by atoms with E-state index in [-0.39, 0.29) is 42.4 Å². The van der Waals surface area contributed by atoms with Crippen LogP contribution in [-0.2, 0) is 28.5 Å². The van der Waals surface area contributed by atoms with Crippen molar-refractivity contribution in [3.05, 3.63) is 11.6 Å². The molecule has 48 heavy (non-hydrogen) atoms. The van der Waals surface area contributed by atoms with Gasteiger partial charge in [0, 0.05) is 30.3 Å². The van der Waals surface area contributed by atoms with Gasteiger partial charge in [0.05, 0.1) is 36.6 Å². The Kier molecular flexibility index (Phi) is 9.36. The van der Waals surface area contributed by atoms with E-state index in [2.05, 4.69) is 13.8 Å². The van der Waals surface area contributed by atoms with E-state index < -0.39 is 79.0 Å². The van der Waals surface area contributed by atoms with Gasteiger partial charge in [0.1, 0.15) is 37.1 Å². The molecule has 7 rings (SSSR count). The molecule has 7 aliphatic rings. The second-order valence-electron chi connectivity index (χ2n) is 16.4. The second kappa shape index (κ2) is 12.8. The fraction of sp³-hybridized carbons (Fsp3) is 0.914. The predicted octanol–water partition coefficient (Wildman–Crippen LogP) is 0.280. The van der Waals surface area contributed by atoms with Crippen molar-refractivity contribution in [3.63, 3.8) is 0 Å². The number of fused-ring (bicyclic) bond motifs is 5. The van der Waals surface area contributed by atoms with Crippen LogP contribution in [0, 0.1) is 34.5 Å². The summed E-state index contributed by atoms with van der Waals surface area (Å²) in [5, 5.41) is 74.9. The van der Waals surface area contributed by atoms with Crippen LogP contribution in [0.4, 0.5) is 0 Å². The van der Waals surface area contributed by atoms with Gasteiger partial charge in [-0.25, -0.2) is 4.79 Å². The fourth-order valence-corrected chi connectivity index (χ4v) is 11.4. The molecule has 4 aliphatic carbocycles. The van der Waals surface area contributed by atoms with Gasteiger partial charge in [-0.1, -0.05) is 13.8 Å². The lowest BCUT2D eigenvalue weighted by molar-refractivity contribution is -0.344. The normalized spacial score (nSPS) is 55.3. The summed E-state index contributed by atoms with van der Waals surface area (Å²) in [7, 11) is 0. The maximum atomic E-state index is 12.5. The lowest BCUT2D eigenvalue weighted by atomic mass is 9.43. The monoisotopic (exact) mass is 682 g/mol. The lowest BCUT2D eigenvalue weighted by Crippen LogP contribution is -2.62. The number of hydrogen-bond acceptors (Lipinski definition) is 13. The van der Waals surface area contributed by atoms with Crippen LogP contribution in [0.15, 0.2) is 11.6 Å². The number of hydrogen-bond donors (Lipinski definition) is 7. The summed E-state index contributed by atoms with van der Waals surface area (Å²) in [6.45, 7) is 5.81. The van der Waals surface area contributed by atoms with E-state index in [0.29, 0.717) is 18.3 Å². The first-order chi connectivity index (χ1) is 22.7. The molecule has 7 N–H and O–H groups in total. The summed E-state index contributed by atoms with van der Waals surface area (Å²) in [6, 6.07) is 0. The third-order valence-electron chi connectivity index (χ3n) is 14.0. The highest BCUT2D eigenvalue weighted by Crippen LogP contribution is 2.70. The summed E-state index contributed by atoms with van der Waals surface area (Å²) in [5.41, 5.74) is -0.737. The molecular formula is C35H54O13. The maximum absolute atomic E-state index is 12.5. The zero-order chi connectivity index (χ0) is 34.3. The van der Waals surface area contributed by atoms with Gasteiger partial charge in [-0.05, 0) is 80.6 Å². The van der Waals surface area contributed by atoms with Crippen molar-refractivity contribution in [2.24, 2.45) is 34.5 Å². The highest BCUT2D eigenvalue weighted by Gasteiger charge is 2.70. The van der Waals surface area contributed by atoms with Gasteiger partial charge in [0.15, 0.2) is 12.6 Å². The molecule has 0 radical (unpaired) electrons. The summed E-state index contributed by atoms with van der Waals surface area (Å²) < 4.78 is 29.1. The molecule has 4 saturated carbocycles. The number of esters is 1. The third-order valence-corrected chi connectivity index (χ3v) is 14.0. The minimum atomic E-state index is -1.58. The zero-order valence-electron chi connectivity index (χ0n) is 28.1. The van der Waals surface area contributed by atoms with Crippen LogP contribution in [-0.4, -0.2) is 128 Å². The van der Waals surface area contributed by atoms with Crippen molar-refractivity contribution in [1.82, 2.24) is 0 Å². The minimum Gasteiger partial charge on any atom is -0.458 e. The molecule has 18 atom stereocenters. The van der Waals surface area contributed by atoms with E-state index in [0.717, 1.165) is 50.5 Å². The maximum Gasteiger partial charge on any atom is 0.331 e. The molecule has 18 unspecified atom stereocenters. The first-order valence-electron chi connectivity index (χ1n) is 17.9. The van der Waals surface area contributed by atoms with E-state index in [4.69, 9.17) is 23.7 Å². The van der Waals surface area contributed by atoms with E-state index in [9.17, 15) is 40.5 Å². The van der Waals surface area contributed by atoms with Crippen molar-refractivity contribution in [2.45, 2.75) is 152 Å². The largest absolute Gasteiger partial charge is 0.458 e. The van der Waals surface area contributed by atoms with E-state index in [1.165, 1.54) is 6.08 Å². The van der Waals surface area contributed by atoms with Gasteiger partial charge in [-0.3, -0.25) is 0 Å². The Hall–Kier alpha value is -1.23.